The average Bonchev–Trinajstić information content (AvgIpc) is 2.98. The molecule has 7 nitrogen and oxygen atoms in total. The maximum atomic E-state index is 12.9. The van der Waals surface area contributed by atoms with Crippen molar-refractivity contribution in [3.63, 3.8) is 0 Å². The number of rotatable bonds is 5. The zero-order chi connectivity index (χ0) is 18.1. The lowest BCUT2D eigenvalue weighted by Crippen LogP contribution is -2.46. The number of amides is 1. The maximum Gasteiger partial charge on any atom is 0.338 e. The number of carbonyl (C=O) groups excluding carboxylic acids is 3. The summed E-state index contributed by atoms with van der Waals surface area (Å²) in [5.74, 6) is -1.41. The third kappa shape index (κ3) is 3.05. The number of hydrogen-bond acceptors (Lipinski definition) is 6. The van der Waals surface area contributed by atoms with Crippen LogP contribution in [0, 0.1) is 5.92 Å². The van der Waals surface area contributed by atoms with Crippen LogP contribution in [0.3, 0.4) is 0 Å². The Morgan fingerprint density at radius 1 is 1.28 bits per heavy atom. The van der Waals surface area contributed by atoms with E-state index in [2.05, 4.69) is 0 Å². The van der Waals surface area contributed by atoms with E-state index in [-0.39, 0.29) is 24.7 Å². The van der Waals surface area contributed by atoms with Crippen LogP contribution < -0.4 is 4.90 Å². The standard InChI is InChI=1S/C18H22N2O5/c1-4-24-18(23)16-14-15(20(25-16)10-9-11(2)21)12-7-5-6-8-13(12)19(3)17(14)22/h5-8,14-16H,4,9-10H2,1-3H3/t14-,15+,16-/m1/s1. The topological polar surface area (TPSA) is 76.2 Å². The SMILES string of the molecule is CCOC(=O)[C@@H]1ON(CCC(C)=O)[C@H]2c3ccccc3N(C)C(=O)[C@@H]12. The second kappa shape index (κ2) is 6.93. The van der Waals surface area contributed by atoms with Gasteiger partial charge in [0.2, 0.25) is 5.91 Å². The molecule has 1 aromatic rings. The van der Waals surface area contributed by atoms with Crippen LogP contribution in [0.5, 0.6) is 0 Å². The van der Waals surface area contributed by atoms with Gasteiger partial charge in [-0.1, -0.05) is 18.2 Å². The van der Waals surface area contributed by atoms with Crippen molar-refractivity contribution in [1.29, 1.82) is 0 Å². The normalized spacial score (nSPS) is 25.5. The highest BCUT2D eigenvalue weighted by atomic mass is 16.7. The van der Waals surface area contributed by atoms with Crippen molar-refractivity contribution in [2.24, 2.45) is 5.92 Å². The van der Waals surface area contributed by atoms with E-state index in [9.17, 15) is 14.4 Å². The molecule has 2 aliphatic heterocycles. The minimum atomic E-state index is -1.000. The number of para-hydroxylation sites is 1. The molecule has 0 unspecified atom stereocenters. The number of benzene rings is 1. The molecule has 2 aliphatic rings. The number of ketones is 1. The summed E-state index contributed by atoms with van der Waals surface area (Å²) in [6.07, 6.45) is -0.717. The Labute approximate surface area is 146 Å². The van der Waals surface area contributed by atoms with Gasteiger partial charge in [0, 0.05) is 25.7 Å². The monoisotopic (exact) mass is 346 g/mol. The van der Waals surface area contributed by atoms with Gasteiger partial charge in [-0.25, -0.2) is 4.79 Å². The summed E-state index contributed by atoms with van der Waals surface area (Å²) in [5.41, 5.74) is 1.69. The molecule has 1 fully saturated rings. The quantitative estimate of drug-likeness (QED) is 0.752. The van der Waals surface area contributed by atoms with Crippen LogP contribution in [-0.4, -0.2) is 49.0 Å². The van der Waals surface area contributed by atoms with Gasteiger partial charge in [-0.15, -0.1) is 0 Å². The molecular formula is C18H22N2O5. The third-order valence-electron chi connectivity index (χ3n) is 4.66. The van der Waals surface area contributed by atoms with E-state index >= 15 is 0 Å². The number of anilines is 1. The summed E-state index contributed by atoms with van der Waals surface area (Å²) in [6.45, 7) is 3.74. The number of ether oxygens (including phenoxy) is 1. The largest absolute Gasteiger partial charge is 0.464 e. The molecule has 3 atom stereocenters. The molecule has 0 saturated carbocycles. The number of hydroxylamine groups is 2. The highest BCUT2D eigenvalue weighted by Crippen LogP contribution is 2.47. The fourth-order valence-corrected chi connectivity index (χ4v) is 3.49. The zero-order valence-corrected chi connectivity index (χ0v) is 14.6. The van der Waals surface area contributed by atoms with Crippen molar-refractivity contribution < 1.29 is 24.0 Å². The third-order valence-corrected chi connectivity index (χ3v) is 4.66. The average molecular weight is 346 g/mol. The molecule has 1 amide bonds. The van der Waals surface area contributed by atoms with E-state index < -0.39 is 24.0 Å². The first-order chi connectivity index (χ1) is 12.0. The van der Waals surface area contributed by atoms with Crippen LogP contribution in [0.2, 0.25) is 0 Å². The number of carbonyl (C=O) groups is 3. The van der Waals surface area contributed by atoms with Gasteiger partial charge in [0.05, 0.1) is 18.6 Å². The van der Waals surface area contributed by atoms with Crippen molar-refractivity contribution in [3.05, 3.63) is 29.8 Å². The Kier molecular flexibility index (Phi) is 4.87. The molecule has 3 rings (SSSR count). The van der Waals surface area contributed by atoms with Crippen LogP contribution in [0.4, 0.5) is 5.69 Å². The van der Waals surface area contributed by atoms with E-state index in [0.29, 0.717) is 6.54 Å². The molecule has 1 aromatic carbocycles. The van der Waals surface area contributed by atoms with Crippen molar-refractivity contribution in [3.8, 4) is 0 Å². The highest BCUT2D eigenvalue weighted by molar-refractivity contribution is 6.01. The molecular weight excluding hydrogens is 324 g/mol. The van der Waals surface area contributed by atoms with E-state index in [1.807, 2.05) is 24.3 Å². The number of nitrogens with zero attached hydrogens (tertiary/aromatic N) is 2. The summed E-state index contributed by atoms with van der Waals surface area (Å²) in [5, 5.41) is 1.59. The molecule has 1 saturated heterocycles. The van der Waals surface area contributed by atoms with Crippen molar-refractivity contribution in [2.45, 2.75) is 32.4 Å². The molecule has 0 bridgehead atoms. The second-order valence-corrected chi connectivity index (χ2v) is 6.30. The van der Waals surface area contributed by atoms with Crippen LogP contribution in [0.25, 0.3) is 0 Å². The van der Waals surface area contributed by atoms with Crippen LogP contribution in [0.15, 0.2) is 24.3 Å². The first kappa shape index (κ1) is 17.6. The number of hydrogen-bond donors (Lipinski definition) is 0. The lowest BCUT2D eigenvalue weighted by Gasteiger charge is -2.36. The van der Waals surface area contributed by atoms with Gasteiger partial charge < -0.3 is 9.64 Å². The molecule has 2 heterocycles. The minimum Gasteiger partial charge on any atom is -0.464 e. The smallest absolute Gasteiger partial charge is 0.338 e. The summed E-state index contributed by atoms with van der Waals surface area (Å²) in [7, 11) is 1.69. The Balaban J connectivity index is 2.01. The lowest BCUT2D eigenvalue weighted by atomic mass is 9.83. The molecule has 0 spiro atoms. The molecule has 0 aromatic heterocycles. The van der Waals surface area contributed by atoms with Gasteiger partial charge in [-0.2, -0.15) is 5.06 Å². The predicted octanol–water partition coefficient (Wildman–Crippen LogP) is 1.48. The minimum absolute atomic E-state index is 0.0206. The zero-order valence-electron chi connectivity index (χ0n) is 14.6. The van der Waals surface area contributed by atoms with E-state index in [0.717, 1.165) is 11.3 Å². The van der Waals surface area contributed by atoms with Gasteiger partial charge in [-0.3, -0.25) is 14.4 Å². The summed E-state index contributed by atoms with van der Waals surface area (Å²) in [4.78, 5) is 44.0. The number of Topliss-reactive ketones (excluding diaryl/α,β-unsaturated/α-hetero) is 1. The van der Waals surface area contributed by atoms with E-state index in [1.165, 1.54) is 6.92 Å². The van der Waals surface area contributed by atoms with Crippen molar-refractivity contribution in [2.75, 3.05) is 25.1 Å². The number of fused-ring (bicyclic) bond motifs is 3. The Morgan fingerprint density at radius 2 is 2.00 bits per heavy atom. The maximum absolute atomic E-state index is 12.9. The van der Waals surface area contributed by atoms with Gasteiger partial charge in [0.25, 0.3) is 0 Å². The fraction of sp³-hybridized carbons (Fsp3) is 0.500. The number of esters is 1. The van der Waals surface area contributed by atoms with E-state index in [4.69, 9.17) is 9.57 Å². The Morgan fingerprint density at radius 3 is 2.68 bits per heavy atom. The Bertz CT molecular complexity index is 704. The molecule has 134 valence electrons. The summed E-state index contributed by atoms with van der Waals surface area (Å²) >= 11 is 0. The molecule has 0 radical (unpaired) electrons. The molecule has 25 heavy (non-hydrogen) atoms. The van der Waals surface area contributed by atoms with Gasteiger partial charge in [0.15, 0.2) is 6.10 Å². The second-order valence-electron chi connectivity index (χ2n) is 6.30. The van der Waals surface area contributed by atoms with Gasteiger partial charge >= 0.3 is 5.97 Å². The molecule has 7 heteroatoms. The first-order valence-electron chi connectivity index (χ1n) is 8.41. The van der Waals surface area contributed by atoms with Gasteiger partial charge in [0.1, 0.15) is 5.78 Å². The fourth-order valence-electron chi connectivity index (χ4n) is 3.49. The van der Waals surface area contributed by atoms with Crippen LogP contribution >= 0.6 is 0 Å². The van der Waals surface area contributed by atoms with Gasteiger partial charge in [-0.05, 0) is 25.5 Å². The van der Waals surface area contributed by atoms with Crippen molar-refractivity contribution in [1.82, 2.24) is 5.06 Å². The Hall–Kier alpha value is -2.25. The highest BCUT2D eigenvalue weighted by Gasteiger charge is 2.55. The lowest BCUT2D eigenvalue weighted by molar-refractivity contribution is -0.190. The summed E-state index contributed by atoms with van der Waals surface area (Å²) in [6, 6.07) is 7.13. The first-order valence-corrected chi connectivity index (χ1v) is 8.41. The van der Waals surface area contributed by atoms with Crippen LogP contribution in [-0.2, 0) is 24.0 Å². The predicted molar refractivity (Wildman–Crippen MR) is 89.6 cm³/mol. The summed E-state index contributed by atoms with van der Waals surface area (Å²) < 4.78 is 5.09. The van der Waals surface area contributed by atoms with Crippen molar-refractivity contribution >= 4 is 23.3 Å². The molecule has 0 N–H and O–H groups in total. The van der Waals surface area contributed by atoms with E-state index in [1.54, 1.807) is 23.9 Å². The van der Waals surface area contributed by atoms with Crippen LogP contribution in [0.1, 0.15) is 31.9 Å². The molecule has 0 aliphatic carbocycles.